The molecule has 0 bridgehead atoms. The molecule has 0 amide bonds. The molecule has 0 N–H and O–H groups in total. The summed E-state index contributed by atoms with van der Waals surface area (Å²) in [5, 5.41) is -0.114. The molecule has 0 saturated carbocycles. The molecule has 20 heavy (non-hydrogen) atoms. The van der Waals surface area contributed by atoms with Crippen molar-refractivity contribution in [1.82, 2.24) is 14.9 Å². The van der Waals surface area contributed by atoms with E-state index in [-0.39, 0.29) is 28.2 Å². The molecule has 1 rings (SSSR count). The van der Waals surface area contributed by atoms with Crippen LogP contribution in [0.3, 0.4) is 0 Å². The Hall–Kier alpha value is -1.66. The minimum absolute atomic E-state index is 0.0563. The van der Waals surface area contributed by atoms with Gasteiger partial charge < -0.3 is 9.64 Å². The Morgan fingerprint density at radius 2 is 2.05 bits per heavy atom. The third kappa shape index (κ3) is 4.18. The van der Waals surface area contributed by atoms with Gasteiger partial charge in [0.05, 0.1) is 12.8 Å². The van der Waals surface area contributed by atoms with Gasteiger partial charge in [-0.2, -0.15) is 0 Å². The molecule has 108 valence electrons. The zero-order valence-corrected chi connectivity index (χ0v) is 12.7. The van der Waals surface area contributed by atoms with Crippen LogP contribution < -0.4 is 0 Å². The number of carbonyl (C=O) groups excluding carboxylic acids is 2. The summed E-state index contributed by atoms with van der Waals surface area (Å²) in [5.41, 5.74) is -0.340. The number of hydrogen-bond acceptors (Lipinski definition) is 6. The first-order valence-corrected chi connectivity index (χ1v) is 6.40. The number of Topliss-reactive ketones (excluding diaryl/α,β-unsaturated/α-hetero) is 1. The SMILES string of the molecule is CCOC(=O)/C(=C\N(C)C)C(=O)c1ncc(Cl)nc1Cl. The maximum atomic E-state index is 12.3. The van der Waals surface area contributed by atoms with Crippen LogP contribution >= 0.6 is 23.2 Å². The van der Waals surface area contributed by atoms with Crippen molar-refractivity contribution in [1.29, 1.82) is 0 Å². The van der Waals surface area contributed by atoms with Crippen molar-refractivity contribution >= 4 is 35.0 Å². The molecule has 1 aromatic heterocycles. The summed E-state index contributed by atoms with van der Waals surface area (Å²) in [7, 11) is 3.34. The highest BCUT2D eigenvalue weighted by Gasteiger charge is 2.25. The van der Waals surface area contributed by atoms with Crippen molar-refractivity contribution in [3.63, 3.8) is 0 Å². The zero-order valence-electron chi connectivity index (χ0n) is 11.2. The molecule has 1 heterocycles. The number of carbonyl (C=O) groups is 2. The molecule has 0 atom stereocenters. The molecule has 0 aromatic carbocycles. The monoisotopic (exact) mass is 317 g/mol. The highest BCUT2D eigenvalue weighted by Crippen LogP contribution is 2.18. The lowest BCUT2D eigenvalue weighted by atomic mass is 10.1. The Morgan fingerprint density at radius 1 is 1.40 bits per heavy atom. The second-order valence-electron chi connectivity index (χ2n) is 3.89. The molecular formula is C12H13Cl2N3O3. The Labute approximate surface area is 126 Å². The van der Waals surface area contributed by atoms with Gasteiger partial charge >= 0.3 is 5.97 Å². The van der Waals surface area contributed by atoms with Crippen LogP contribution in [0.25, 0.3) is 0 Å². The average Bonchev–Trinajstić information content (AvgIpc) is 2.35. The minimum atomic E-state index is -0.751. The van der Waals surface area contributed by atoms with E-state index in [1.807, 2.05) is 0 Å². The molecule has 0 aliphatic rings. The third-order valence-corrected chi connectivity index (χ3v) is 2.49. The molecule has 8 heteroatoms. The van der Waals surface area contributed by atoms with E-state index in [4.69, 9.17) is 27.9 Å². The van der Waals surface area contributed by atoms with Crippen molar-refractivity contribution < 1.29 is 14.3 Å². The average molecular weight is 318 g/mol. The Morgan fingerprint density at radius 3 is 2.55 bits per heavy atom. The number of ether oxygens (including phenoxy) is 1. The molecule has 0 aliphatic heterocycles. The van der Waals surface area contributed by atoms with E-state index < -0.39 is 11.8 Å². The summed E-state index contributed by atoms with van der Waals surface area (Å²) < 4.78 is 4.84. The summed E-state index contributed by atoms with van der Waals surface area (Å²) in [6.07, 6.45) is 2.52. The van der Waals surface area contributed by atoms with E-state index >= 15 is 0 Å². The van der Waals surface area contributed by atoms with Gasteiger partial charge in [0.15, 0.2) is 5.15 Å². The van der Waals surface area contributed by atoms with Crippen LogP contribution in [0.2, 0.25) is 10.3 Å². The number of nitrogens with zero attached hydrogens (tertiary/aromatic N) is 3. The summed E-state index contributed by atoms with van der Waals surface area (Å²) in [5.74, 6) is -1.43. The van der Waals surface area contributed by atoms with Gasteiger partial charge in [0, 0.05) is 20.3 Å². The standard InChI is InChI=1S/C12H13Cl2N3O3/c1-4-20-12(19)7(6-17(2)3)10(18)9-11(14)16-8(13)5-15-9/h5-6H,4H2,1-3H3/b7-6-. The Bertz CT molecular complexity index is 559. The van der Waals surface area contributed by atoms with Gasteiger partial charge in [-0.15, -0.1) is 0 Å². The van der Waals surface area contributed by atoms with Gasteiger partial charge in [-0.05, 0) is 6.92 Å². The van der Waals surface area contributed by atoms with Gasteiger partial charge in [0.25, 0.3) is 0 Å². The molecule has 0 saturated heterocycles. The van der Waals surface area contributed by atoms with Crippen molar-refractivity contribution in [2.45, 2.75) is 6.92 Å². The lowest BCUT2D eigenvalue weighted by molar-refractivity contribution is -0.138. The van der Waals surface area contributed by atoms with E-state index in [0.717, 1.165) is 0 Å². The van der Waals surface area contributed by atoms with E-state index in [1.165, 1.54) is 12.4 Å². The molecule has 1 aromatic rings. The van der Waals surface area contributed by atoms with E-state index in [1.54, 1.807) is 25.9 Å². The van der Waals surface area contributed by atoms with Crippen LogP contribution in [0.15, 0.2) is 18.0 Å². The third-order valence-electron chi connectivity index (χ3n) is 2.04. The first kappa shape index (κ1) is 16.4. The number of aromatic nitrogens is 2. The molecule has 0 fully saturated rings. The van der Waals surface area contributed by atoms with Crippen LogP contribution in [0.1, 0.15) is 17.4 Å². The Balaban J connectivity index is 3.20. The number of ketones is 1. The van der Waals surface area contributed by atoms with E-state index in [0.29, 0.717) is 0 Å². The van der Waals surface area contributed by atoms with Crippen LogP contribution in [-0.4, -0.2) is 47.3 Å². The molecule has 0 radical (unpaired) electrons. The van der Waals surface area contributed by atoms with Gasteiger partial charge in [-0.25, -0.2) is 14.8 Å². The molecule has 0 aliphatic carbocycles. The summed E-state index contributed by atoms with van der Waals surface area (Å²) >= 11 is 11.4. The minimum Gasteiger partial charge on any atom is -0.462 e. The van der Waals surface area contributed by atoms with Gasteiger partial charge in [0.2, 0.25) is 5.78 Å². The van der Waals surface area contributed by atoms with E-state index in [9.17, 15) is 9.59 Å². The second kappa shape index (κ2) is 7.21. The fraction of sp³-hybridized carbons (Fsp3) is 0.333. The van der Waals surface area contributed by atoms with Crippen molar-refractivity contribution in [2.75, 3.05) is 20.7 Å². The second-order valence-corrected chi connectivity index (χ2v) is 4.63. The van der Waals surface area contributed by atoms with Crippen LogP contribution in [0.5, 0.6) is 0 Å². The largest absolute Gasteiger partial charge is 0.462 e. The number of esters is 1. The van der Waals surface area contributed by atoms with Crippen LogP contribution in [0, 0.1) is 0 Å². The molecular weight excluding hydrogens is 305 g/mol. The zero-order chi connectivity index (χ0) is 15.3. The molecule has 0 spiro atoms. The summed E-state index contributed by atoms with van der Waals surface area (Å²) in [6, 6.07) is 0. The summed E-state index contributed by atoms with van der Waals surface area (Å²) in [6.45, 7) is 1.79. The van der Waals surface area contributed by atoms with Crippen LogP contribution in [0.4, 0.5) is 0 Å². The quantitative estimate of drug-likeness (QED) is 0.272. The highest BCUT2D eigenvalue weighted by molar-refractivity contribution is 6.36. The van der Waals surface area contributed by atoms with E-state index in [2.05, 4.69) is 9.97 Å². The summed E-state index contributed by atoms with van der Waals surface area (Å²) in [4.78, 5) is 33.2. The van der Waals surface area contributed by atoms with Crippen molar-refractivity contribution in [3.8, 4) is 0 Å². The van der Waals surface area contributed by atoms with Crippen LogP contribution in [-0.2, 0) is 9.53 Å². The fourth-order valence-electron chi connectivity index (χ4n) is 1.30. The Kier molecular flexibility index (Phi) is 5.91. The first-order valence-electron chi connectivity index (χ1n) is 5.65. The topological polar surface area (TPSA) is 72.4 Å². The maximum absolute atomic E-state index is 12.3. The van der Waals surface area contributed by atoms with Crippen molar-refractivity contribution in [2.24, 2.45) is 0 Å². The highest BCUT2D eigenvalue weighted by atomic mass is 35.5. The van der Waals surface area contributed by atoms with Gasteiger partial charge in [-0.3, -0.25) is 4.79 Å². The van der Waals surface area contributed by atoms with Gasteiger partial charge in [-0.1, -0.05) is 23.2 Å². The maximum Gasteiger partial charge on any atom is 0.343 e. The van der Waals surface area contributed by atoms with Crippen molar-refractivity contribution in [3.05, 3.63) is 34.0 Å². The smallest absolute Gasteiger partial charge is 0.343 e. The lowest BCUT2D eigenvalue weighted by Crippen LogP contribution is -2.20. The fourth-order valence-corrected chi connectivity index (χ4v) is 1.70. The number of rotatable bonds is 5. The predicted octanol–water partition coefficient (Wildman–Crippen LogP) is 1.97. The lowest BCUT2D eigenvalue weighted by Gasteiger charge is -2.10. The first-order chi connectivity index (χ1) is 9.36. The molecule has 6 nitrogen and oxygen atoms in total. The van der Waals surface area contributed by atoms with Gasteiger partial charge in [0.1, 0.15) is 16.4 Å². The number of halogens is 2. The molecule has 0 unspecified atom stereocenters. The normalized spacial score (nSPS) is 11.2. The number of hydrogen-bond donors (Lipinski definition) is 0. The predicted molar refractivity (Wildman–Crippen MR) is 74.8 cm³/mol.